The molecule has 1 amide bonds. The first-order chi connectivity index (χ1) is 13.3. The van der Waals surface area contributed by atoms with Crippen molar-refractivity contribution in [3.8, 4) is 11.5 Å². The topological polar surface area (TPSA) is 59.6 Å². The van der Waals surface area contributed by atoms with Crippen molar-refractivity contribution in [1.29, 1.82) is 0 Å². The molecule has 2 aliphatic heterocycles. The van der Waals surface area contributed by atoms with E-state index in [0.29, 0.717) is 30.0 Å². The van der Waals surface area contributed by atoms with Gasteiger partial charge in [0.1, 0.15) is 12.7 Å². The van der Waals surface area contributed by atoms with E-state index in [1.807, 2.05) is 0 Å². The number of rotatable bonds is 4. The predicted molar refractivity (Wildman–Crippen MR) is 91.8 cm³/mol. The van der Waals surface area contributed by atoms with Crippen molar-refractivity contribution < 1.29 is 31.8 Å². The fraction of sp³-hybridized carbons (Fsp3) is 0.316. The minimum Gasteiger partial charge on any atom is -0.486 e. The molecule has 0 saturated carbocycles. The molecular formula is C19H16F4N2O3. The van der Waals surface area contributed by atoms with Crippen LogP contribution in [0.15, 0.2) is 30.3 Å². The summed E-state index contributed by atoms with van der Waals surface area (Å²) in [5.41, 5.74) is 0.558. The third-order valence-corrected chi connectivity index (χ3v) is 4.59. The summed E-state index contributed by atoms with van der Waals surface area (Å²) >= 11 is 0. The van der Waals surface area contributed by atoms with Crippen LogP contribution in [0.5, 0.6) is 11.5 Å². The second-order valence-electron chi connectivity index (χ2n) is 6.64. The minimum absolute atomic E-state index is 0.0183. The van der Waals surface area contributed by atoms with Crippen LogP contribution in [0.3, 0.4) is 0 Å². The Morgan fingerprint density at radius 2 is 1.96 bits per heavy atom. The van der Waals surface area contributed by atoms with Crippen LogP contribution in [0.1, 0.15) is 16.7 Å². The van der Waals surface area contributed by atoms with Crippen molar-refractivity contribution in [2.45, 2.75) is 25.2 Å². The number of nitrogens with one attached hydrogen (secondary N) is 2. The second-order valence-corrected chi connectivity index (χ2v) is 6.64. The molecule has 0 radical (unpaired) electrons. The number of carbonyl (C=O) groups is 1. The molecule has 5 nitrogen and oxygen atoms in total. The van der Waals surface area contributed by atoms with Crippen LogP contribution < -0.4 is 20.1 Å². The molecule has 0 aliphatic carbocycles. The summed E-state index contributed by atoms with van der Waals surface area (Å²) in [6, 6.07) is 6.09. The molecule has 4 rings (SSSR count). The van der Waals surface area contributed by atoms with Crippen molar-refractivity contribution in [1.82, 2.24) is 5.32 Å². The number of hydrogen-bond acceptors (Lipinski definition) is 4. The van der Waals surface area contributed by atoms with Crippen molar-refractivity contribution in [3.63, 3.8) is 0 Å². The third-order valence-electron chi connectivity index (χ3n) is 4.59. The van der Waals surface area contributed by atoms with Crippen molar-refractivity contribution >= 4 is 11.6 Å². The zero-order valence-corrected chi connectivity index (χ0v) is 14.5. The standard InChI is InChI=1S/C19H16F4N2O3/c20-14-6-15-18(13-5-16(26)25-17(13)14)28-12(9-27-15)8-24-7-10-1-3-11(4-2-10)19(21,22)23/h1-4,6,12,24H,5,7-9H2,(H,25,26). The fourth-order valence-corrected chi connectivity index (χ4v) is 3.22. The van der Waals surface area contributed by atoms with E-state index in [2.05, 4.69) is 10.6 Å². The van der Waals surface area contributed by atoms with Gasteiger partial charge in [0.05, 0.1) is 17.7 Å². The van der Waals surface area contributed by atoms with Gasteiger partial charge in [-0.15, -0.1) is 0 Å². The molecule has 0 bridgehead atoms. The van der Waals surface area contributed by atoms with E-state index in [-0.39, 0.29) is 36.5 Å². The number of benzene rings is 2. The van der Waals surface area contributed by atoms with E-state index in [9.17, 15) is 22.4 Å². The number of fused-ring (bicyclic) bond motifs is 3. The summed E-state index contributed by atoms with van der Waals surface area (Å²) in [6.07, 6.45) is -4.72. The quantitative estimate of drug-likeness (QED) is 0.779. The van der Waals surface area contributed by atoms with Gasteiger partial charge in [-0.05, 0) is 17.7 Å². The molecule has 0 aromatic heterocycles. The van der Waals surface area contributed by atoms with Gasteiger partial charge in [0.2, 0.25) is 5.91 Å². The Balaban J connectivity index is 1.37. The van der Waals surface area contributed by atoms with E-state index >= 15 is 0 Å². The average molecular weight is 396 g/mol. The lowest BCUT2D eigenvalue weighted by atomic mass is 10.1. The van der Waals surface area contributed by atoms with Crippen LogP contribution in [0.4, 0.5) is 23.2 Å². The highest BCUT2D eigenvalue weighted by molar-refractivity contribution is 6.00. The molecule has 0 fully saturated rings. The maximum absolute atomic E-state index is 14.0. The Morgan fingerprint density at radius 1 is 1.21 bits per heavy atom. The molecular weight excluding hydrogens is 380 g/mol. The number of hydrogen-bond donors (Lipinski definition) is 2. The van der Waals surface area contributed by atoms with Crippen LogP contribution in [0.2, 0.25) is 0 Å². The van der Waals surface area contributed by atoms with Gasteiger partial charge in [-0.1, -0.05) is 12.1 Å². The van der Waals surface area contributed by atoms with Crippen LogP contribution in [0, 0.1) is 5.82 Å². The smallest absolute Gasteiger partial charge is 0.416 e. The Morgan fingerprint density at radius 3 is 2.68 bits per heavy atom. The molecule has 28 heavy (non-hydrogen) atoms. The van der Waals surface area contributed by atoms with E-state index < -0.39 is 17.6 Å². The monoisotopic (exact) mass is 396 g/mol. The third kappa shape index (κ3) is 3.62. The number of alkyl halides is 3. The largest absolute Gasteiger partial charge is 0.486 e. The minimum atomic E-state index is -4.36. The summed E-state index contributed by atoms with van der Waals surface area (Å²) < 4.78 is 63.2. The van der Waals surface area contributed by atoms with E-state index in [1.165, 1.54) is 18.2 Å². The molecule has 2 N–H and O–H groups in total. The Bertz CT molecular complexity index is 913. The number of halogens is 4. The number of carbonyl (C=O) groups excluding carboxylic acids is 1. The van der Waals surface area contributed by atoms with Crippen LogP contribution in [-0.2, 0) is 23.9 Å². The second kappa shape index (κ2) is 6.97. The van der Waals surface area contributed by atoms with Crippen LogP contribution in [-0.4, -0.2) is 25.2 Å². The summed E-state index contributed by atoms with van der Waals surface area (Å²) in [5.74, 6) is -0.274. The molecule has 0 spiro atoms. The number of ether oxygens (including phenoxy) is 2. The molecule has 0 saturated heterocycles. The number of amides is 1. The highest BCUT2D eigenvalue weighted by atomic mass is 19.4. The zero-order chi connectivity index (χ0) is 19.9. The van der Waals surface area contributed by atoms with Gasteiger partial charge < -0.3 is 20.1 Å². The molecule has 2 aromatic carbocycles. The zero-order valence-electron chi connectivity index (χ0n) is 14.5. The highest BCUT2D eigenvalue weighted by Crippen LogP contribution is 2.43. The molecule has 9 heteroatoms. The van der Waals surface area contributed by atoms with Gasteiger partial charge in [0, 0.05) is 24.7 Å². The van der Waals surface area contributed by atoms with Crippen LogP contribution in [0.25, 0.3) is 0 Å². The Labute approximate surface area is 157 Å². The number of anilines is 1. The van der Waals surface area contributed by atoms with Gasteiger partial charge in [0.25, 0.3) is 0 Å². The first kappa shape index (κ1) is 18.5. The molecule has 2 aromatic rings. The van der Waals surface area contributed by atoms with E-state index in [4.69, 9.17) is 9.47 Å². The van der Waals surface area contributed by atoms with Gasteiger partial charge >= 0.3 is 6.18 Å². The van der Waals surface area contributed by atoms with Crippen molar-refractivity contribution in [2.75, 3.05) is 18.5 Å². The lowest BCUT2D eigenvalue weighted by molar-refractivity contribution is -0.137. The first-order valence-electron chi connectivity index (χ1n) is 8.63. The Kier molecular flexibility index (Phi) is 4.62. The SMILES string of the molecule is O=C1Cc2c(c(F)cc3c2OC(CNCc2ccc(C(F)(F)F)cc2)CO3)N1. The van der Waals surface area contributed by atoms with Crippen molar-refractivity contribution in [3.05, 3.63) is 52.8 Å². The summed E-state index contributed by atoms with van der Waals surface area (Å²) in [4.78, 5) is 11.6. The molecule has 2 aliphatic rings. The summed E-state index contributed by atoms with van der Waals surface area (Å²) in [5, 5.41) is 5.57. The lowest BCUT2D eigenvalue weighted by Gasteiger charge is -2.28. The van der Waals surface area contributed by atoms with Gasteiger partial charge in [-0.25, -0.2) is 4.39 Å². The van der Waals surface area contributed by atoms with Gasteiger partial charge in [-0.2, -0.15) is 13.2 Å². The maximum atomic E-state index is 14.0. The lowest BCUT2D eigenvalue weighted by Crippen LogP contribution is -2.38. The summed E-state index contributed by atoms with van der Waals surface area (Å²) in [7, 11) is 0. The van der Waals surface area contributed by atoms with Gasteiger partial charge in [-0.3, -0.25) is 4.79 Å². The predicted octanol–water partition coefficient (Wildman–Crippen LogP) is 3.27. The van der Waals surface area contributed by atoms with Gasteiger partial charge in [0.15, 0.2) is 17.3 Å². The molecule has 1 atom stereocenters. The molecule has 148 valence electrons. The first-order valence-corrected chi connectivity index (χ1v) is 8.63. The van der Waals surface area contributed by atoms with Crippen LogP contribution >= 0.6 is 0 Å². The average Bonchev–Trinajstić information content (AvgIpc) is 3.04. The molecule has 1 unspecified atom stereocenters. The maximum Gasteiger partial charge on any atom is 0.416 e. The van der Waals surface area contributed by atoms with E-state index in [0.717, 1.165) is 12.1 Å². The Hall–Kier alpha value is -2.81. The fourth-order valence-electron chi connectivity index (χ4n) is 3.22. The van der Waals surface area contributed by atoms with E-state index in [1.54, 1.807) is 0 Å². The molecule has 2 heterocycles. The van der Waals surface area contributed by atoms with Crippen molar-refractivity contribution in [2.24, 2.45) is 0 Å². The summed E-state index contributed by atoms with van der Waals surface area (Å²) in [6.45, 7) is 0.910. The highest BCUT2D eigenvalue weighted by Gasteiger charge is 2.33. The normalized spacial score (nSPS) is 18.0.